The summed E-state index contributed by atoms with van der Waals surface area (Å²) < 4.78 is 31.2. The fourth-order valence-electron chi connectivity index (χ4n) is 3.18. The normalized spacial score (nSPS) is 12.2. The molecular formula is C23H29Cl2N3O5S. The van der Waals surface area contributed by atoms with Crippen molar-refractivity contribution in [1.82, 2.24) is 10.2 Å². The lowest BCUT2D eigenvalue weighted by Gasteiger charge is -2.32. The molecule has 0 radical (unpaired) electrons. The highest BCUT2D eigenvalue weighted by Gasteiger charge is 2.30. The predicted molar refractivity (Wildman–Crippen MR) is 135 cm³/mol. The van der Waals surface area contributed by atoms with Crippen LogP contribution in [0.25, 0.3) is 0 Å². The zero-order valence-corrected chi connectivity index (χ0v) is 22.0. The molecule has 186 valence electrons. The first kappa shape index (κ1) is 27.8. The average molecular weight is 530 g/mol. The van der Waals surface area contributed by atoms with E-state index in [-0.39, 0.29) is 18.5 Å². The molecule has 1 unspecified atom stereocenters. The van der Waals surface area contributed by atoms with Gasteiger partial charge in [0.1, 0.15) is 18.3 Å². The van der Waals surface area contributed by atoms with Crippen LogP contribution in [0.2, 0.25) is 10.0 Å². The second-order valence-corrected chi connectivity index (χ2v) is 10.8. The molecule has 1 atom stereocenters. The van der Waals surface area contributed by atoms with Crippen LogP contribution in [0.5, 0.6) is 5.75 Å². The molecule has 0 saturated carbocycles. The first-order valence-electron chi connectivity index (χ1n) is 10.5. The van der Waals surface area contributed by atoms with E-state index in [4.69, 9.17) is 27.9 Å². The first-order valence-corrected chi connectivity index (χ1v) is 13.1. The lowest BCUT2D eigenvalue weighted by molar-refractivity contribution is -0.139. The Kier molecular flexibility index (Phi) is 9.61. The number of hydrogen-bond acceptors (Lipinski definition) is 5. The van der Waals surface area contributed by atoms with Crippen molar-refractivity contribution in [2.24, 2.45) is 0 Å². The fourth-order valence-corrected chi connectivity index (χ4v) is 4.35. The zero-order chi connectivity index (χ0) is 25.6. The summed E-state index contributed by atoms with van der Waals surface area (Å²) in [5.74, 6) is -0.374. The van der Waals surface area contributed by atoms with Crippen LogP contribution in [-0.4, -0.2) is 57.1 Å². The van der Waals surface area contributed by atoms with Crippen molar-refractivity contribution in [2.45, 2.75) is 39.4 Å². The van der Waals surface area contributed by atoms with Crippen molar-refractivity contribution in [3.05, 3.63) is 58.1 Å². The van der Waals surface area contributed by atoms with Gasteiger partial charge in [-0.05, 0) is 62.7 Å². The van der Waals surface area contributed by atoms with Gasteiger partial charge in [-0.15, -0.1) is 0 Å². The topological polar surface area (TPSA) is 96.0 Å². The Labute approximate surface area is 210 Å². The van der Waals surface area contributed by atoms with E-state index in [1.807, 2.05) is 13.8 Å². The maximum atomic E-state index is 13.4. The summed E-state index contributed by atoms with van der Waals surface area (Å²) in [6.07, 6.45) is 1.02. The number of sulfonamides is 1. The molecule has 11 heteroatoms. The van der Waals surface area contributed by atoms with E-state index in [0.717, 1.165) is 10.6 Å². The highest BCUT2D eigenvalue weighted by molar-refractivity contribution is 7.92. The van der Waals surface area contributed by atoms with E-state index in [0.29, 0.717) is 27.0 Å². The van der Waals surface area contributed by atoms with Crippen molar-refractivity contribution in [3.63, 3.8) is 0 Å². The minimum absolute atomic E-state index is 0.0304. The van der Waals surface area contributed by atoms with Gasteiger partial charge in [0.15, 0.2) is 0 Å². The van der Waals surface area contributed by atoms with E-state index in [1.165, 1.54) is 12.0 Å². The van der Waals surface area contributed by atoms with Crippen molar-refractivity contribution < 1.29 is 22.7 Å². The Morgan fingerprint density at radius 3 is 2.15 bits per heavy atom. The van der Waals surface area contributed by atoms with Crippen LogP contribution in [0.3, 0.4) is 0 Å². The fraction of sp³-hybridized carbons (Fsp3) is 0.391. The molecule has 8 nitrogen and oxygen atoms in total. The molecule has 0 aromatic heterocycles. The number of hydrogen-bond donors (Lipinski definition) is 1. The van der Waals surface area contributed by atoms with Crippen LogP contribution in [-0.2, 0) is 26.2 Å². The van der Waals surface area contributed by atoms with Crippen LogP contribution in [0.4, 0.5) is 5.69 Å². The molecule has 2 aromatic carbocycles. The lowest BCUT2D eigenvalue weighted by atomic mass is 10.1. The van der Waals surface area contributed by atoms with Gasteiger partial charge in [0, 0.05) is 12.6 Å². The van der Waals surface area contributed by atoms with E-state index in [1.54, 1.807) is 49.4 Å². The van der Waals surface area contributed by atoms with Crippen molar-refractivity contribution >= 4 is 50.7 Å². The molecule has 0 bridgehead atoms. The van der Waals surface area contributed by atoms with Gasteiger partial charge in [0.25, 0.3) is 0 Å². The Bertz CT molecular complexity index is 1120. The number of amides is 2. The largest absolute Gasteiger partial charge is 0.497 e. The molecule has 1 N–H and O–H groups in total. The van der Waals surface area contributed by atoms with Crippen LogP contribution in [0, 0.1) is 0 Å². The highest BCUT2D eigenvalue weighted by atomic mass is 35.5. The molecule has 2 amide bonds. The second kappa shape index (κ2) is 11.8. The van der Waals surface area contributed by atoms with Crippen LogP contribution in [0.15, 0.2) is 42.5 Å². The Morgan fingerprint density at radius 1 is 1.03 bits per heavy atom. The molecule has 0 fully saturated rings. The number of nitrogens with zero attached hydrogens (tertiary/aromatic N) is 2. The van der Waals surface area contributed by atoms with Crippen molar-refractivity contribution in [1.29, 1.82) is 0 Å². The van der Waals surface area contributed by atoms with Gasteiger partial charge in [-0.3, -0.25) is 13.9 Å². The minimum Gasteiger partial charge on any atom is -0.497 e. The number of nitrogens with one attached hydrogen (secondary N) is 1. The molecule has 0 aliphatic rings. The number of methoxy groups -OCH3 is 1. The summed E-state index contributed by atoms with van der Waals surface area (Å²) >= 11 is 12.1. The quantitative estimate of drug-likeness (QED) is 0.506. The molecule has 0 heterocycles. The zero-order valence-electron chi connectivity index (χ0n) is 19.7. The third kappa shape index (κ3) is 7.51. The molecule has 0 aliphatic heterocycles. The molecule has 0 saturated heterocycles. The monoisotopic (exact) mass is 529 g/mol. The summed E-state index contributed by atoms with van der Waals surface area (Å²) in [5, 5.41) is 3.45. The third-order valence-electron chi connectivity index (χ3n) is 4.97. The molecule has 34 heavy (non-hydrogen) atoms. The van der Waals surface area contributed by atoms with Crippen LogP contribution >= 0.6 is 23.2 Å². The molecule has 2 rings (SSSR count). The molecule has 0 aliphatic carbocycles. The SMILES string of the molecule is COc1ccc(N(CC(=O)N(Cc2ccc(Cl)c(Cl)c2)C(C)C(=O)NC(C)C)S(C)(=O)=O)cc1. The van der Waals surface area contributed by atoms with E-state index < -0.39 is 28.5 Å². The van der Waals surface area contributed by atoms with Crippen molar-refractivity contribution in [3.8, 4) is 5.75 Å². The average Bonchev–Trinajstić information content (AvgIpc) is 2.76. The first-order chi connectivity index (χ1) is 15.8. The van der Waals surface area contributed by atoms with Gasteiger partial charge >= 0.3 is 0 Å². The van der Waals surface area contributed by atoms with E-state index >= 15 is 0 Å². The Hall–Kier alpha value is -2.49. The number of benzene rings is 2. The lowest BCUT2D eigenvalue weighted by Crippen LogP contribution is -2.52. The van der Waals surface area contributed by atoms with Gasteiger partial charge < -0.3 is 15.0 Å². The maximum absolute atomic E-state index is 13.4. The van der Waals surface area contributed by atoms with Gasteiger partial charge in [-0.25, -0.2) is 8.42 Å². The smallest absolute Gasteiger partial charge is 0.244 e. The number of carbonyl (C=O) groups is 2. The minimum atomic E-state index is -3.81. The number of halogens is 2. The number of ether oxygens (including phenoxy) is 1. The van der Waals surface area contributed by atoms with Crippen LogP contribution < -0.4 is 14.4 Å². The predicted octanol–water partition coefficient (Wildman–Crippen LogP) is 3.71. The maximum Gasteiger partial charge on any atom is 0.244 e. The van der Waals surface area contributed by atoms with E-state index in [9.17, 15) is 18.0 Å². The summed E-state index contributed by atoms with van der Waals surface area (Å²) in [5.41, 5.74) is 0.938. The molecular weight excluding hydrogens is 501 g/mol. The van der Waals surface area contributed by atoms with E-state index in [2.05, 4.69) is 5.32 Å². The summed E-state index contributed by atoms with van der Waals surface area (Å²) in [6, 6.07) is 10.2. The number of carbonyl (C=O) groups excluding carboxylic acids is 2. The standard InChI is InChI=1S/C23H29Cl2N3O5S/c1-15(2)26-23(30)16(3)27(13-17-6-11-20(24)21(25)12-17)22(29)14-28(34(5,31)32)18-7-9-19(33-4)10-8-18/h6-12,15-16H,13-14H2,1-5H3,(H,26,30). The Balaban J connectivity index is 2.40. The number of rotatable bonds is 10. The molecule has 0 spiro atoms. The van der Waals surface area contributed by atoms with Crippen LogP contribution in [0.1, 0.15) is 26.3 Å². The van der Waals surface area contributed by atoms with Gasteiger partial charge in [-0.2, -0.15) is 0 Å². The summed E-state index contributed by atoms with van der Waals surface area (Å²) in [7, 11) is -2.31. The number of anilines is 1. The highest BCUT2D eigenvalue weighted by Crippen LogP contribution is 2.25. The summed E-state index contributed by atoms with van der Waals surface area (Å²) in [4.78, 5) is 27.5. The molecule has 2 aromatic rings. The van der Waals surface area contributed by atoms with Gasteiger partial charge in [0.05, 0.1) is 29.1 Å². The van der Waals surface area contributed by atoms with Gasteiger partial charge in [0.2, 0.25) is 21.8 Å². The second-order valence-electron chi connectivity index (χ2n) is 8.08. The van der Waals surface area contributed by atoms with Gasteiger partial charge in [-0.1, -0.05) is 29.3 Å². The third-order valence-corrected chi connectivity index (χ3v) is 6.85. The van der Waals surface area contributed by atoms with Crippen molar-refractivity contribution in [2.75, 3.05) is 24.2 Å². The summed E-state index contributed by atoms with van der Waals surface area (Å²) in [6.45, 7) is 4.75. The Morgan fingerprint density at radius 2 is 1.65 bits per heavy atom.